The number of nitro groups is 1. The van der Waals surface area contributed by atoms with Crippen LogP contribution in [0.15, 0.2) is 93.9 Å². The summed E-state index contributed by atoms with van der Waals surface area (Å²) in [5, 5.41) is 10.8. The SMILES string of the molecule is CCOC(=O)C1=C(C)N=c2s/c(=C\c3ccc(OCc4ccc([N+](=O)[O-])cc4)cc3)c(=O)n2C1c1ccc(C)cc1. The van der Waals surface area contributed by atoms with Crippen molar-refractivity contribution in [3.05, 3.63) is 136 Å². The van der Waals surface area contributed by atoms with Crippen LogP contribution in [0.4, 0.5) is 5.69 Å². The van der Waals surface area contributed by atoms with Crippen molar-refractivity contribution in [3.63, 3.8) is 0 Å². The Labute approximate surface area is 239 Å². The standard InChI is InChI=1S/C31H27N3O6S/c1-4-39-30(36)27-20(3)32-31-33(28(27)23-11-5-19(2)6-12-23)29(35)26(41-31)17-21-9-15-25(16-10-21)40-18-22-7-13-24(14-8-22)34(37)38/h5-17,28H,4,18H2,1-3H3/b26-17-. The van der Waals surface area contributed by atoms with E-state index in [2.05, 4.69) is 4.99 Å². The number of aryl methyl sites for hydroxylation is 1. The van der Waals surface area contributed by atoms with Gasteiger partial charge in [0.15, 0.2) is 4.80 Å². The summed E-state index contributed by atoms with van der Waals surface area (Å²) >= 11 is 1.27. The van der Waals surface area contributed by atoms with Crippen LogP contribution in [0, 0.1) is 17.0 Å². The summed E-state index contributed by atoms with van der Waals surface area (Å²) in [6.07, 6.45) is 1.79. The van der Waals surface area contributed by atoms with Gasteiger partial charge in [0.05, 0.1) is 33.4 Å². The quantitative estimate of drug-likeness (QED) is 0.174. The van der Waals surface area contributed by atoms with E-state index >= 15 is 0 Å². The molecule has 41 heavy (non-hydrogen) atoms. The maximum absolute atomic E-state index is 13.7. The minimum Gasteiger partial charge on any atom is -0.489 e. The fraction of sp³-hybridized carbons (Fsp3) is 0.194. The predicted molar refractivity (Wildman–Crippen MR) is 155 cm³/mol. The highest BCUT2D eigenvalue weighted by molar-refractivity contribution is 7.07. The molecule has 1 aromatic heterocycles. The molecular formula is C31H27N3O6S. The van der Waals surface area contributed by atoms with E-state index in [-0.39, 0.29) is 24.5 Å². The van der Waals surface area contributed by atoms with Gasteiger partial charge >= 0.3 is 5.97 Å². The smallest absolute Gasteiger partial charge is 0.338 e. The number of fused-ring (bicyclic) bond motifs is 1. The molecule has 1 aliphatic heterocycles. The van der Waals surface area contributed by atoms with Crippen molar-refractivity contribution in [2.24, 2.45) is 4.99 Å². The second-order valence-electron chi connectivity index (χ2n) is 9.49. The molecule has 3 aromatic carbocycles. The molecule has 208 valence electrons. The van der Waals surface area contributed by atoms with Crippen LogP contribution in [0.3, 0.4) is 0 Å². The topological polar surface area (TPSA) is 113 Å². The van der Waals surface area contributed by atoms with Crippen molar-refractivity contribution in [1.29, 1.82) is 0 Å². The average molecular weight is 570 g/mol. The van der Waals surface area contributed by atoms with E-state index in [4.69, 9.17) is 9.47 Å². The Balaban J connectivity index is 1.44. The lowest BCUT2D eigenvalue weighted by molar-refractivity contribution is -0.384. The number of benzene rings is 3. The molecule has 0 spiro atoms. The van der Waals surface area contributed by atoms with E-state index in [1.54, 1.807) is 48.8 Å². The first-order chi connectivity index (χ1) is 19.7. The van der Waals surface area contributed by atoms with Gasteiger partial charge in [0, 0.05) is 12.1 Å². The van der Waals surface area contributed by atoms with Crippen LogP contribution in [0.1, 0.15) is 42.1 Å². The highest BCUT2D eigenvalue weighted by atomic mass is 32.1. The molecule has 0 bridgehead atoms. The third-order valence-corrected chi connectivity index (χ3v) is 7.62. The number of nitro benzene ring substituents is 1. The summed E-state index contributed by atoms with van der Waals surface area (Å²) < 4.78 is 13.2. The molecule has 0 N–H and O–H groups in total. The van der Waals surface area contributed by atoms with E-state index in [0.717, 1.165) is 22.3 Å². The van der Waals surface area contributed by atoms with Crippen molar-refractivity contribution < 1.29 is 19.2 Å². The molecule has 5 rings (SSSR count). The Kier molecular flexibility index (Phi) is 7.93. The van der Waals surface area contributed by atoms with Gasteiger partial charge in [-0.15, -0.1) is 0 Å². The van der Waals surface area contributed by atoms with Crippen molar-refractivity contribution in [2.45, 2.75) is 33.4 Å². The van der Waals surface area contributed by atoms with Crippen molar-refractivity contribution in [3.8, 4) is 5.75 Å². The number of allylic oxidation sites excluding steroid dienone is 1. The molecule has 4 aromatic rings. The zero-order valence-corrected chi connectivity index (χ0v) is 23.5. The number of ether oxygens (including phenoxy) is 2. The second-order valence-corrected chi connectivity index (χ2v) is 10.5. The van der Waals surface area contributed by atoms with E-state index in [9.17, 15) is 19.7 Å². The number of thiazole rings is 1. The second kappa shape index (κ2) is 11.7. The molecule has 2 heterocycles. The van der Waals surface area contributed by atoms with Crippen molar-refractivity contribution in [1.82, 2.24) is 4.57 Å². The number of hydrogen-bond donors (Lipinski definition) is 0. The molecule has 1 atom stereocenters. The van der Waals surface area contributed by atoms with Crippen LogP contribution in [-0.4, -0.2) is 22.1 Å². The van der Waals surface area contributed by atoms with E-state index in [1.807, 2.05) is 43.3 Å². The molecule has 0 saturated heterocycles. The number of carbonyl (C=O) groups excluding carboxylic acids is 1. The molecule has 0 fully saturated rings. The Morgan fingerprint density at radius 3 is 2.37 bits per heavy atom. The summed E-state index contributed by atoms with van der Waals surface area (Å²) in [5.74, 6) is 0.133. The molecular weight excluding hydrogens is 542 g/mol. The molecule has 0 saturated carbocycles. The molecule has 0 aliphatic carbocycles. The van der Waals surface area contributed by atoms with Crippen LogP contribution in [0.2, 0.25) is 0 Å². The first kappa shape index (κ1) is 27.7. The van der Waals surface area contributed by atoms with Crippen molar-refractivity contribution in [2.75, 3.05) is 6.61 Å². The molecule has 1 unspecified atom stereocenters. The largest absolute Gasteiger partial charge is 0.489 e. The lowest BCUT2D eigenvalue weighted by Gasteiger charge is -2.24. The first-order valence-corrected chi connectivity index (χ1v) is 13.8. The van der Waals surface area contributed by atoms with E-state index in [0.29, 0.717) is 26.4 Å². The number of nitrogens with zero attached hydrogens (tertiary/aromatic N) is 3. The normalized spacial score (nSPS) is 14.8. The Morgan fingerprint density at radius 2 is 1.73 bits per heavy atom. The maximum atomic E-state index is 13.7. The Hall–Kier alpha value is -4.83. The van der Waals surface area contributed by atoms with Gasteiger partial charge in [-0.2, -0.15) is 0 Å². The Morgan fingerprint density at radius 1 is 1.05 bits per heavy atom. The van der Waals surface area contributed by atoms with Gasteiger partial charge in [-0.25, -0.2) is 9.79 Å². The van der Waals surface area contributed by atoms with Gasteiger partial charge in [-0.1, -0.05) is 53.3 Å². The van der Waals surface area contributed by atoms with Crippen LogP contribution in [0.5, 0.6) is 5.75 Å². The highest BCUT2D eigenvalue weighted by Crippen LogP contribution is 2.30. The van der Waals surface area contributed by atoms with Crippen LogP contribution >= 0.6 is 11.3 Å². The van der Waals surface area contributed by atoms with Gasteiger partial charge in [0.25, 0.3) is 11.2 Å². The minimum atomic E-state index is -0.650. The summed E-state index contributed by atoms with van der Waals surface area (Å²) in [5.41, 5.74) is 4.14. The van der Waals surface area contributed by atoms with Gasteiger partial charge in [0.2, 0.25) is 0 Å². The van der Waals surface area contributed by atoms with E-state index < -0.39 is 16.9 Å². The molecule has 10 heteroatoms. The summed E-state index contributed by atoms with van der Waals surface area (Å²) in [7, 11) is 0. The lowest BCUT2D eigenvalue weighted by Crippen LogP contribution is -2.39. The molecule has 0 amide bonds. The lowest BCUT2D eigenvalue weighted by atomic mass is 9.95. The highest BCUT2D eigenvalue weighted by Gasteiger charge is 2.33. The third-order valence-electron chi connectivity index (χ3n) is 6.64. The maximum Gasteiger partial charge on any atom is 0.338 e. The van der Waals surface area contributed by atoms with Crippen LogP contribution in [-0.2, 0) is 16.1 Å². The third kappa shape index (κ3) is 5.87. The fourth-order valence-electron chi connectivity index (χ4n) is 4.55. The molecule has 1 aliphatic rings. The van der Waals surface area contributed by atoms with Gasteiger partial charge in [-0.3, -0.25) is 19.5 Å². The number of aromatic nitrogens is 1. The summed E-state index contributed by atoms with van der Waals surface area (Å²) in [6, 6.07) is 20.6. The zero-order valence-electron chi connectivity index (χ0n) is 22.7. The van der Waals surface area contributed by atoms with Gasteiger partial charge < -0.3 is 9.47 Å². The monoisotopic (exact) mass is 569 g/mol. The zero-order chi connectivity index (χ0) is 29.1. The van der Waals surface area contributed by atoms with E-state index in [1.165, 1.54) is 23.5 Å². The number of hydrogen-bond acceptors (Lipinski definition) is 8. The van der Waals surface area contributed by atoms with Crippen LogP contribution < -0.4 is 19.6 Å². The summed E-state index contributed by atoms with van der Waals surface area (Å²) in [4.78, 5) is 42.2. The number of rotatable bonds is 8. The average Bonchev–Trinajstić information content (AvgIpc) is 3.26. The molecule has 9 nitrogen and oxygen atoms in total. The number of non-ortho nitro benzene ring substituents is 1. The minimum absolute atomic E-state index is 0.0286. The predicted octanol–water partition coefficient (Wildman–Crippen LogP) is 4.59. The molecule has 0 radical (unpaired) electrons. The van der Waals surface area contributed by atoms with Crippen LogP contribution in [0.25, 0.3) is 6.08 Å². The number of carbonyl (C=O) groups is 1. The van der Waals surface area contributed by atoms with Gasteiger partial charge in [-0.05, 0) is 67.8 Å². The van der Waals surface area contributed by atoms with Crippen molar-refractivity contribution >= 4 is 29.1 Å². The fourth-order valence-corrected chi connectivity index (χ4v) is 5.59. The first-order valence-electron chi connectivity index (χ1n) is 13.0. The number of esters is 1. The Bertz CT molecular complexity index is 1820. The summed E-state index contributed by atoms with van der Waals surface area (Å²) in [6.45, 7) is 5.97. The van der Waals surface area contributed by atoms with Gasteiger partial charge in [0.1, 0.15) is 12.4 Å².